The van der Waals surface area contributed by atoms with Crippen molar-refractivity contribution >= 4 is 34.3 Å². The molecule has 0 amide bonds. The number of carbonyl (C=O) groups excluding carboxylic acids is 2. The third-order valence-electron chi connectivity index (χ3n) is 4.38. The van der Waals surface area contributed by atoms with E-state index >= 15 is 0 Å². The number of hydrogen-bond donors (Lipinski definition) is 0. The van der Waals surface area contributed by atoms with Crippen LogP contribution in [0.3, 0.4) is 0 Å². The van der Waals surface area contributed by atoms with Gasteiger partial charge in [-0.05, 0) is 42.8 Å². The molecule has 168 valence electrons. The fraction of sp³-hybridized carbons (Fsp3) is 0.174. The summed E-state index contributed by atoms with van der Waals surface area (Å²) < 4.78 is 17.6. The Labute approximate surface area is 191 Å². The van der Waals surface area contributed by atoms with Crippen molar-refractivity contribution in [3.05, 3.63) is 62.9 Å². The van der Waals surface area contributed by atoms with Crippen molar-refractivity contribution < 1.29 is 23.8 Å². The first-order valence-corrected chi connectivity index (χ1v) is 10.8. The maximum Gasteiger partial charge on any atom is 0.308 e. The van der Waals surface area contributed by atoms with Gasteiger partial charge in [-0.15, -0.1) is 5.10 Å². The molecule has 0 aliphatic heterocycles. The van der Waals surface area contributed by atoms with Gasteiger partial charge >= 0.3 is 11.9 Å². The predicted molar refractivity (Wildman–Crippen MR) is 122 cm³/mol. The molecule has 9 nitrogen and oxygen atoms in total. The lowest BCUT2D eigenvalue weighted by molar-refractivity contribution is -0.132. The Bertz CT molecular complexity index is 1470. The van der Waals surface area contributed by atoms with Crippen LogP contribution < -0.4 is 24.3 Å². The minimum absolute atomic E-state index is 0.283. The summed E-state index contributed by atoms with van der Waals surface area (Å²) in [6, 6.07) is 11.9. The summed E-state index contributed by atoms with van der Waals surface area (Å²) in [6.07, 6.45) is 1.69. The first-order chi connectivity index (χ1) is 15.9. The van der Waals surface area contributed by atoms with Gasteiger partial charge in [0.15, 0.2) is 17.3 Å². The zero-order chi connectivity index (χ0) is 23.5. The maximum atomic E-state index is 12.9. The highest BCUT2D eigenvalue weighted by molar-refractivity contribution is 7.15. The molecule has 0 aliphatic rings. The molecule has 0 bridgehead atoms. The van der Waals surface area contributed by atoms with Crippen LogP contribution >= 0.6 is 11.3 Å². The molecule has 0 saturated carbocycles. The van der Waals surface area contributed by atoms with E-state index in [1.807, 2.05) is 6.92 Å². The summed E-state index contributed by atoms with van der Waals surface area (Å²) >= 11 is 1.18. The van der Waals surface area contributed by atoms with Gasteiger partial charge in [-0.3, -0.25) is 14.4 Å². The molecule has 0 saturated heterocycles. The number of benzene rings is 2. The number of rotatable bonds is 6. The van der Waals surface area contributed by atoms with Crippen molar-refractivity contribution in [2.75, 3.05) is 6.61 Å². The van der Waals surface area contributed by atoms with E-state index in [1.165, 1.54) is 29.7 Å². The predicted octanol–water partition coefficient (Wildman–Crippen LogP) is 2.62. The highest BCUT2D eigenvalue weighted by atomic mass is 32.1. The molecule has 4 rings (SSSR count). The van der Waals surface area contributed by atoms with Gasteiger partial charge in [0, 0.05) is 13.8 Å². The van der Waals surface area contributed by atoms with E-state index in [2.05, 4.69) is 10.1 Å². The van der Waals surface area contributed by atoms with Crippen molar-refractivity contribution in [3.8, 4) is 28.6 Å². The molecule has 0 unspecified atom stereocenters. The Balaban J connectivity index is 1.73. The molecule has 0 N–H and O–H groups in total. The Morgan fingerprint density at radius 3 is 2.45 bits per heavy atom. The molecular formula is C23H19N3O6S. The monoisotopic (exact) mass is 465 g/mol. The summed E-state index contributed by atoms with van der Waals surface area (Å²) in [5.74, 6) is 0.396. The Kier molecular flexibility index (Phi) is 6.18. The van der Waals surface area contributed by atoms with Crippen molar-refractivity contribution in [2.24, 2.45) is 0 Å². The van der Waals surface area contributed by atoms with E-state index < -0.39 is 11.9 Å². The zero-order valence-electron chi connectivity index (χ0n) is 18.0. The van der Waals surface area contributed by atoms with Crippen LogP contribution in [0.25, 0.3) is 22.4 Å². The molecule has 0 atom stereocenters. The van der Waals surface area contributed by atoms with Gasteiger partial charge in [-0.1, -0.05) is 29.5 Å². The lowest BCUT2D eigenvalue weighted by Crippen LogP contribution is -2.23. The van der Waals surface area contributed by atoms with Crippen molar-refractivity contribution in [1.82, 2.24) is 14.6 Å². The largest absolute Gasteiger partial charge is 0.490 e. The number of esters is 2. The number of aromatic nitrogens is 3. The Morgan fingerprint density at radius 2 is 1.76 bits per heavy atom. The van der Waals surface area contributed by atoms with E-state index in [0.29, 0.717) is 44.5 Å². The topological polar surface area (TPSA) is 109 Å². The van der Waals surface area contributed by atoms with Crippen LogP contribution in [-0.2, 0) is 9.59 Å². The fourth-order valence-electron chi connectivity index (χ4n) is 3.12. The second-order valence-electron chi connectivity index (χ2n) is 6.87. The molecule has 0 radical (unpaired) electrons. The number of para-hydroxylation sites is 1. The summed E-state index contributed by atoms with van der Waals surface area (Å²) in [4.78, 5) is 40.4. The van der Waals surface area contributed by atoms with Gasteiger partial charge in [0.05, 0.1) is 16.7 Å². The van der Waals surface area contributed by atoms with Gasteiger partial charge < -0.3 is 14.2 Å². The summed E-state index contributed by atoms with van der Waals surface area (Å²) in [7, 11) is 0. The number of nitrogens with zero attached hydrogens (tertiary/aromatic N) is 3. The smallest absolute Gasteiger partial charge is 0.308 e. The lowest BCUT2D eigenvalue weighted by Gasteiger charge is -2.10. The standard InChI is InChI=1S/C23H19N3O6S/c1-4-30-19-11-15(9-10-18(19)32-14(3)28)12-20-22(29)26-23(33-20)24-21(25-26)16-7-5-6-8-17(16)31-13(2)27/h5-12H,4H2,1-3H3/b20-12-. The van der Waals surface area contributed by atoms with Crippen LogP contribution in [0.2, 0.25) is 0 Å². The molecule has 2 aromatic heterocycles. The number of fused-ring (bicyclic) bond motifs is 1. The molecule has 33 heavy (non-hydrogen) atoms. The summed E-state index contributed by atoms with van der Waals surface area (Å²) in [6.45, 7) is 4.83. The number of thiazole rings is 1. The number of carbonyl (C=O) groups is 2. The van der Waals surface area contributed by atoms with Gasteiger partial charge in [-0.2, -0.15) is 9.50 Å². The van der Waals surface area contributed by atoms with Gasteiger partial charge in [0.25, 0.3) is 5.56 Å². The molecule has 0 spiro atoms. The van der Waals surface area contributed by atoms with Gasteiger partial charge in [0.2, 0.25) is 4.96 Å². The van der Waals surface area contributed by atoms with Gasteiger partial charge in [-0.25, -0.2) is 0 Å². The van der Waals surface area contributed by atoms with E-state index in [0.717, 1.165) is 0 Å². The summed E-state index contributed by atoms with van der Waals surface area (Å²) in [5.41, 5.74) is 0.869. The van der Waals surface area contributed by atoms with Crippen molar-refractivity contribution in [3.63, 3.8) is 0 Å². The second-order valence-corrected chi connectivity index (χ2v) is 7.88. The number of ether oxygens (including phenoxy) is 3. The fourth-order valence-corrected chi connectivity index (χ4v) is 4.02. The van der Waals surface area contributed by atoms with Crippen LogP contribution in [0.4, 0.5) is 0 Å². The van der Waals surface area contributed by atoms with Crippen molar-refractivity contribution in [2.45, 2.75) is 20.8 Å². The first-order valence-electron chi connectivity index (χ1n) is 10.00. The third-order valence-corrected chi connectivity index (χ3v) is 5.34. The average Bonchev–Trinajstić information content (AvgIpc) is 3.29. The highest BCUT2D eigenvalue weighted by Crippen LogP contribution is 2.29. The molecule has 2 heterocycles. The maximum absolute atomic E-state index is 12.9. The third kappa shape index (κ3) is 4.75. The van der Waals surface area contributed by atoms with E-state index in [1.54, 1.807) is 48.5 Å². The van der Waals surface area contributed by atoms with Crippen LogP contribution in [0, 0.1) is 0 Å². The molecule has 0 aliphatic carbocycles. The van der Waals surface area contributed by atoms with Crippen LogP contribution in [-0.4, -0.2) is 33.1 Å². The first kappa shape index (κ1) is 22.2. The van der Waals surface area contributed by atoms with Gasteiger partial charge in [0.1, 0.15) is 5.75 Å². The normalized spacial score (nSPS) is 11.5. The van der Waals surface area contributed by atoms with E-state index in [9.17, 15) is 14.4 Å². The average molecular weight is 465 g/mol. The molecule has 10 heteroatoms. The van der Waals surface area contributed by atoms with Crippen molar-refractivity contribution in [1.29, 1.82) is 0 Å². The zero-order valence-corrected chi connectivity index (χ0v) is 18.8. The summed E-state index contributed by atoms with van der Waals surface area (Å²) in [5, 5.41) is 4.32. The quantitative estimate of drug-likeness (QED) is 0.316. The Morgan fingerprint density at radius 1 is 1.03 bits per heavy atom. The van der Waals surface area contributed by atoms with Crippen LogP contribution in [0.15, 0.2) is 47.3 Å². The molecule has 4 aromatic rings. The van der Waals surface area contributed by atoms with Crippen LogP contribution in [0.5, 0.6) is 17.2 Å². The Hall–Kier alpha value is -4.05. The molecule has 0 fully saturated rings. The van der Waals surface area contributed by atoms with E-state index in [-0.39, 0.29) is 11.4 Å². The molecular weight excluding hydrogens is 446 g/mol. The highest BCUT2D eigenvalue weighted by Gasteiger charge is 2.16. The van der Waals surface area contributed by atoms with E-state index in [4.69, 9.17) is 14.2 Å². The molecule has 2 aromatic carbocycles. The van der Waals surface area contributed by atoms with Crippen LogP contribution in [0.1, 0.15) is 26.3 Å². The lowest BCUT2D eigenvalue weighted by atomic mass is 10.2. The minimum Gasteiger partial charge on any atom is -0.490 e. The second kappa shape index (κ2) is 9.21. The number of hydrogen-bond acceptors (Lipinski definition) is 9. The SMILES string of the molecule is CCOc1cc(/C=c2\sc3nc(-c4ccccc4OC(C)=O)nn3c2=O)ccc1OC(C)=O. The minimum atomic E-state index is -0.462.